The largest absolute Gasteiger partial charge is 0.293 e. The van der Waals surface area contributed by atoms with Crippen molar-refractivity contribution in [1.29, 1.82) is 0 Å². The second-order valence-corrected chi connectivity index (χ2v) is 4.97. The monoisotopic (exact) mass is 237 g/mol. The molecule has 2 nitrogen and oxygen atoms in total. The standard InChI is InChI=1S/C16H15NO/c1-11-9-12-5-2-3-7-14(12)16(18)15(11)13-6-4-8-17-10-13/h2-8,10-11,15H,9H2,1H3. The van der Waals surface area contributed by atoms with E-state index in [2.05, 4.69) is 18.0 Å². The molecule has 0 amide bonds. The zero-order valence-electron chi connectivity index (χ0n) is 10.3. The predicted molar refractivity (Wildman–Crippen MR) is 70.6 cm³/mol. The first kappa shape index (κ1) is 11.1. The molecule has 0 N–H and O–H groups in total. The quantitative estimate of drug-likeness (QED) is 0.762. The van der Waals surface area contributed by atoms with Crippen LogP contribution in [-0.4, -0.2) is 10.8 Å². The van der Waals surface area contributed by atoms with Crippen molar-refractivity contribution in [3.8, 4) is 0 Å². The number of Topliss-reactive ketones (excluding diaryl/α,β-unsaturated/α-hetero) is 1. The van der Waals surface area contributed by atoms with Crippen molar-refractivity contribution in [3.63, 3.8) is 0 Å². The van der Waals surface area contributed by atoms with E-state index in [9.17, 15) is 4.79 Å². The van der Waals surface area contributed by atoms with Gasteiger partial charge >= 0.3 is 0 Å². The third-order valence-corrected chi connectivity index (χ3v) is 3.72. The second-order valence-electron chi connectivity index (χ2n) is 4.97. The van der Waals surface area contributed by atoms with E-state index in [-0.39, 0.29) is 11.7 Å². The molecule has 2 heteroatoms. The van der Waals surface area contributed by atoms with Gasteiger partial charge in [0.05, 0.1) is 5.92 Å². The molecule has 0 saturated carbocycles. The van der Waals surface area contributed by atoms with Crippen LogP contribution in [0.15, 0.2) is 48.8 Å². The lowest BCUT2D eigenvalue weighted by molar-refractivity contribution is 0.0919. The number of fused-ring (bicyclic) bond motifs is 1. The number of aromatic nitrogens is 1. The number of hydrogen-bond donors (Lipinski definition) is 0. The minimum absolute atomic E-state index is 0.0476. The number of ketones is 1. The molecule has 2 atom stereocenters. The van der Waals surface area contributed by atoms with E-state index in [1.54, 1.807) is 6.20 Å². The van der Waals surface area contributed by atoms with E-state index < -0.39 is 0 Å². The molecule has 0 spiro atoms. The highest BCUT2D eigenvalue weighted by Gasteiger charge is 2.33. The van der Waals surface area contributed by atoms with E-state index in [1.807, 2.05) is 36.5 Å². The topological polar surface area (TPSA) is 30.0 Å². The second kappa shape index (κ2) is 4.37. The molecule has 0 bridgehead atoms. The van der Waals surface area contributed by atoms with Crippen LogP contribution in [0.4, 0.5) is 0 Å². The molecule has 2 unspecified atom stereocenters. The van der Waals surface area contributed by atoms with Gasteiger partial charge in [-0.2, -0.15) is 0 Å². The summed E-state index contributed by atoms with van der Waals surface area (Å²) in [6.07, 6.45) is 4.52. The molecule has 1 aliphatic rings. The number of benzene rings is 1. The highest BCUT2D eigenvalue weighted by Crippen LogP contribution is 2.36. The first-order valence-corrected chi connectivity index (χ1v) is 6.29. The maximum Gasteiger partial charge on any atom is 0.170 e. The van der Waals surface area contributed by atoms with Gasteiger partial charge in [-0.1, -0.05) is 37.3 Å². The molecule has 0 saturated heterocycles. The fourth-order valence-corrected chi connectivity index (χ4v) is 2.87. The fraction of sp³-hybridized carbons (Fsp3) is 0.250. The molecule has 90 valence electrons. The molecule has 1 aromatic heterocycles. The van der Waals surface area contributed by atoms with Crippen molar-refractivity contribution in [2.24, 2.45) is 5.92 Å². The molecule has 1 aromatic carbocycles. The van der Waals surface area contributed by atoms with Crippen LogP contribution in [0, 0.1) is 5.92 Å². The molecular formula is C16H15NO. The minimum Gasteiger partial charge on any atom is -0.293 e. The van der Waals surface area contributed by atoms with Gasteiger partial charge in [-0.05, 0) is 29.5 Å². The normalized spacial score (nSPS) is 22.6. The SMILES string of the molecule is CC1Cc2ccccc2C(=O)C1c1cccnc1. The summed E-state index contributed by atoms with van der Waals surface area (Å²) in [5.74, 6) is 0.516. The van der Waals surface area contributed by atoms with Crippen LogP contribution in [0.2, 0.25) is 0 Å². The van der Waals surface area contributed by atoms with Gasteiger partial charge in [0, 0.05) is 18.0 Å². The Morgan fingerprint density at radius 2 is 2.00 bits per heavy atom. The van der Waals surface area contributed by atoms with Crippen LogP contribution in [-0.2, 0) is 6.42 Å². The number of nitrogens with zero attached hydrogens (tertiary/aromatic N) is 1. The summed E-state index contributed by atoms with van der Waals surface area (Å²) in [4.78, 5) is 16.7. The molecule has 1 heterocycles. The average molecular weight is 237 g/mol. The third kappa shape index (κ3) is 1.74. The number of hydrogen-bond acceptors (Lipinski definition) is 2. The van der Waals surface area contributed by atoms with Gasteiger partial charge in [0.15, 0.2) is 5.78 Å². The fourth-order valence-electron chi connectivity index (χ4n) is 2.87. The summed E-state index contributed by atoms with van der Waals surface area (Å²) in [6.45, 7) is 2.14. The van der Waals surface area contributed by atoms with Crippen molar-refractivity contribution < 1.29 is 4.79 Å². The molecule has 0 radical (unpaired) electrons. The maximum absolute atomic E-state index is 12.6. The highest BCUT2D eigenvalue weighted by molar-refractivity contribution is 6.03. The summed E-state index contributed by atoms with van der Waals surface area (Å²) in [6, 6.07) is 11.8. The van der Waals surface area contributed by atoms with Crippen molar-refractivity contribution >= 4 is 5.78 Å². The molecule has 0 fully saturated rings. The van der Waals surface area contributed by atoms with E-state index >= 15 is 0 Å². The van der Waals surface area contributed by atoms with Crippen LogP contribution >= 0.6 is 0 Å². The zero-order chi connectivity index (χ0) is 12.5. The van der Waals surface area contributed by atoms with Gasteiger partial charge in [-0.15, -0.1) is 0 Å². The molecule has 18 heavy (non-hydrogen) atoms. The van der Waals surface area contributed by atoms with E-state index in [0.29, 0.717) is 5.92 Å². The lowest BCUT2D eigenvalue weighted by Crippen LogP contribution is -2.28. The molecule has 2 aromatic rings. The number of carbonyl (C=O) groups excluding carboxylic acids is 1. The average Bonchev–Trinajstić information content (AvgIpc) is 2.40. The van der Waals surface area contributed by atoms with Gasteiger partial charge in [0.1, 0.15) is 0 Å². The number of pyridine rings is 1. The Morgan fingerprint density at radius 3 is 2.78 bits per heavy atom. The minimum atomic E-state index is -0.0476. The summed E-state index contributed by atoms with van der Waals surface area (Å²) < 4.78 is 0. The summed E-state index contributed by atoms with van der Waals surface area (Å²) >= 11 is 0. The van der Waals surface area contributed by atoms with Crippen LogP contribution in [0.1, 0.15) is 34.3 Å². The van der Waals surface area contributed by atoms with E-state index in [1.165, 1.54) is 5.56 Å². The molecule has 3 rings (SSSR count). The van der Waals surface area contributed by atoms with Crippen LogP contribution < -0.4 is 0 Å². The van der Waals surface area contributed by atoms with E-state index in [0.717, 1.165) is 17.5 Å². The Hall–Kier alpha value is -1.96. The Balaban J connectivity index is 2.06. The zero-order valence-corrected chi connectivity index (χ0v) is 10.3. The van der Waals surface area contributed by atoms with Crippen LogP contribution in [0.25, 0.3) is 0 Å². The Bertz CT molecular complexity index is 577. The summed E-state index contributed by atoms with van der Waals surface area (Å²) in [7, 11) is 0. The lowest BCUT2D eigenvalue weighted by atomic mass is 9.73. The van der Waals surface area contributed by atoms with Crippen LogP contribution in [0.3, 0.4) is 0 Å². The Labute approximate surface area is 107 Å². The third-order valence-electron chi connectivity index (χ3n) is 3.72. The van der Waals surface area contributed by atoms with Gasteiger partial charge in [0.25, 0.3) is 0 Å². The van der Waals surface area contributed by atoms with Gasteiger partial charge in [0.2, 0.25) is 0 Å². The maximum atomic E-state index is 12.6. The molecular weight excluding hydrogens is 222 g/mol. The lowest BCUT2D eigenvalue weighted by Gasteiger charge is -2.29. The van der Waals surface area contributed by atoms with Crippen molar-refractivity contribution in [3.05, 3.63) is 65.5 Å². The number of carbonyl (C=O) groups is 1. The first-order chi connectivity index (χ1) is 8.77. The van der Waals surface area contributed by atoms with Gasteiger partial charge in [-0.3, -0.25) is 9.78 Å². The molecule has 1 aliphatic carbocycles. The van der Waals surface area contributed by atoms with Crippen molar-refractivity contribution in [1.82, 2.24) is 4.98 Å². The van der Waals surface area contributed by atoms with E-state index in [4.69, 9.17) is 0 Å². The van der Waals surface area contributed by atoms with Gasteiger partial charge < -0.3 is 0 Å². The first-order valence-electron chi connectivity index (χ1n) is 6.29. The Kier molecular flexibility index (Phi) is 2.71. The smallest absolute Gasteiger partial charge is 0.170 e. The van der Waals surface area contributed by atoms with Crippen molar-refractivity contribution in [2.45, 2.75) is 19.3 Å². The highest BCUT2D eigenvalue weighted by atomic mass is 16.1. The Morgan fingerprint density at radius 1 is 1.17 bits per heavy atom. The number of rotatable bonds is 1. The summed E-state index contributed by atoms with van der Waals surface area (Å²) in [5, 5.41) is 0. The molecule has 0 aliphatic heterocycles. The van der Waals surface area contributed by atoms with Crippen molar-refractivity contribution in [2.75, 3.05) is 0 Å². The van der Waals surface area contributed by atoms with Crippen LogP contribution in [0.5, 0.6) is 0 Å². The van der Waals surface area contributed by atoms with Gasteiger partial charge in [-0.25, -0.2) is 0 Å². The predicted octanol–water partition coefficient (Wildman–Crippen LogP) is 3.24. The summed E-state index contributed by atoms with van der Waals surface area (Å²) in [5.41, 5.74) is 3.09.